The van der Waals surface area contributed by atoms with Crippen molar-refractivity contribution < 1.29 is 13.6 Å². The number of benzene rings is 1. The predicted molar refractivity (Wildman–Crippen MR) is 79.2 cm³/mol. The summed E-state index contributed by atoms with van der Waals surface area (Å²) < 4.78 is 26.5. The quantitative estimate of drug-likeness (QED) is 0.831. The molecule has 112 valence electrons. The molecule has 1 unspecified atom stereocenters. The predicted octanol–water partition coefficient (Wildman–Crippen LogP) is 2.83. The van der Waals surface area contributed by atoms with Crippen LogP contribution in [0.15, 0.2) is 16.6 Å². The van der Waals surface area contributed by atoms with E-state index in [1.165, 1.54) is 0 Å². The van der Waals surface area contributed by atoms with Gasteiger partial charge in [0.25, 0.3) is 5.91 Å². The Morgan fingerprint density at radius 2 is 2.10 bits per heavy atom. The Bertz CT molecular complexity index is 502. The van der Waals surface area contributed by atoms with E-state index in [-0.39, 0.29) is 28.4 Å². The average Bonchev–Trinajstić information content (AvgIpc) is 2.82. The van der Waals surface area contributed by atoms with Gasteiger partial charge in [-0.1, -0.05) is 0 Å². The second-order valence-electron chi connectivity index (χ2n) is 4.71. The fourth-order valence-electron chi connectivity index (χ4n) is 2.33. The summed E-state index contributed by atoms with van der Waals surface area (Å²) in [5, 5.41) is 3.08. The van der Waals surface area contributed by atoms with E-state index in [4.69, 9.17) is 0 Å². The molecule has 0 aromatic heterocycles. The molecule has 0 aliphatic carbocycles. The molecule has 7 heteroatoms. The Morgan fingerprint density at radius 1 is 1.45 bits per heavy atom. The number of carbonyl (C=O) groups is 1. The summed E-state index contributed by atoms with van der Waals surface area (Å²) in [5.41, 5.74) is 0.170. The fourth-order valence-corrected chi connectivity index (χ4v) is 2.81. The minimum Gasteiger partial charge on any atom is -0.338 e. The van der Waals surface area contributed by atoms with E-state index in [0.717, 1.165) is 25.1 Å². The number of halogens is 4. The third-order valence-corrected chi connectivity index (χ3v) is 3.96. The molecule has 0 radical (unpaired) electrons. The summed E-state index contributed by atoms with van der Waals surface area (Å²) in [5.74, 6) is -1.81. The molecule has 3 nitrogen and oxygen atoms in total. The van der Waals surface area contributed by atoms with Gasteiger partial charge in [-0.05, 0) is 54.0 Å². The van der Waals surface area contributed by atoms with Crippen LogP contribution >= 0.6 is 28.3 Å². The van der Waals surface area contributed by atoms with Crippen LogP contribution in [0.1, 0.15) is 16.8 Å². The zero-order valence-corrected chi connectivity index (χ0v) is 13.4. The second-order valence-corrected chi connectivity index (χ2v) is 5.56. The number of rotatable bonds is 3. The lowest BCUT2D eigenvalue weighted by atomic mass is 10.1. The molecule has 1 aliphatic heterocycles. The van der Waals surface area contributed by atoms with Crippen molar-refractivity contribution in [3.63, 3.8) is 0 Å². The van der Waals surface area contributed by atoms with Crippen molar-refractivity contribution in [3.05, 3.63) is 33.8 Å². The Kier molecular flexibility index (Phi) is 6.36. The summed E-state index contributed by atoms with van der Waals surface area (Å²) in [7, 11) is 1.87. The van der Waals surface area contributed by atoms with Gasteiger partial charge in [0.1, 0.15) is 0 Å². The molecular weight excluding hydrogens is 354 g/mol. The third kappa shape index (κ3) is 3.68. The molecule has 1 fully saturated rings. The van der Waals surface area contributed by atoms with Crippen LogP contribution in [0.3, 0.4) is 0 Å². The number of nitrogens with zero attached hydrogens (tertiary/aromatic N) is 1. The largest absolute Gasteiger partial charge is 0.338 e. The van der Waals surface area contributed by atoms with Crippen molar-refractivity contribution >= 4 is 34.2 Å². The average molecular weight is 370 g/mol. The van der Waals surface area contributed by atoms with Gasteiger partial charge in [0.2, 0.25) is 0 Å². The Labute approximate surface area is 131 Å². The van der Waals surface area contributed by atoms with Crippen LogP contribution in [0.2, 0.25) is 0 Å². The smallest absolute Gasteiger partial charge is 0.255 e. The van der Waals surface area contributed by atoms with Crippen molar-refractivity contribution in [2.24, 2.45) is 5.92 Å². The number of amides is 1. The lowest BCUT2D eigenvalue weighted by Gasteiger charge is -2.17. The fraction of sp³-hybridized carbons (Fsp3) is 0.462. The molecule has 0 bridgehead atoms. The van der Waals surface area contributed by atoms with Gasteiger partial charge in [-0.2, -0.15) is 0 Å². The van der Waals surface area contributed by atoms with E-state index < -0.39 is 11.6 Å². The van der Waals surface area contributed by atoms with Gasteiger partial charge >= 0.3 is 0 Å². The Morgan fingerprint density at radius 3 is 2.75 bits per heavy atom. The van der Waals surface area contributed by atoms with Crippen molar-refractivity contribution in [2.45, 2.75) is 6.42 Å². The molecule has 1 heterocycles. The first-order valence-corrected chi connectivity index (χ1v) is 6.90. The standard InChI is InChI=1S/C13H15BrF2N2O.ClH/c1-17-6-8-2-3-18(7-8)13(19)9-4-11(15)12(16)5-10(9)14;/h4-5,8,17H,2-3,6-7H2,1H3;1H. The van der Waals surface area contributed by atoms with Crippen LogP contribution in [0.25, 0.3) is 0 Å². The summed E-state index contributed by atoms with van der Waals surface area (Å²) in [6.45, 7) is 2.14. The van der Waals surface area contributed by atoms with Gasteiger partial charge in [-0.25, -0.2) is 8.78 Å². The molecule has 1 atom stereocenters. The molecule has 1 aromatic carbocycles. The maximum Gasteiger partial charge on any atom is 0.255 e. The summed E-state index contributed by atoms with van der Waals surface area (Å²) >= 11 is 3.11. The van der Waals surface area contributed by atoms with Crippen LogP contribution in [0.5, 0.6) is 0 Å². The highest BCUT2D eigenvalue weighted by Gasteiger charge is 2.28. The van der Waals surface area contributed by atoms with E-state index in [0.29, 0.717) is 19.0 Å². The van der Waals surface area contributed by atoms with Crippen LogP contribution in [0, 0.1) is 17.6 Å². The first-order valence-electron chi connectivity index (χ1n) is 6.11. The number of nitrogens with one attached hydrogen (secondary N) is 1. The minimum absolute atomic E-state index is 0. The zero-order valence-electron chi connectivity index (χ0n) is 11.0. The molecule has 0 spiro atoms. The first-order chi connectivity index (χ1) is 9.02. The SMILES string of the molecule is CNCC1CCN(C(=O)c2cc(F)c(F)cc2Br)C1.Cl. The van der Waals surface area contributed by atoms with E-state index in [9.17, 15) is 13.6 Å². The summed E-state index contributed by atoms with van der Waals surface area (Å²) in [4.78, 5) is 13.9. The zero-order chi connectivity index (χ0) is 14.0. The minimum atomic E-state index is -1.00. The topological polar surface area (TPSA) is 32.3 Å². The van der Waals surface area contributed by atoms with Gasteiger partial charge in [0, 0.05) is 17.6 Å². The number of carbonyl (C=O) groups excluding carboxylic acids is 1. The van der Waals surface area contributed by atoms with Crippen LogP contribution in [-0.4, -0.2) is 37.5 Å². The summed E-state index contributed by atoms with van der Waals surface area (Å²) in [6, 6.07) is 1.94. The van der Waals surface area contributed by atoms with Gasteiger partial charge in [0.15, 0.2) is 11.6 Å². The molecule has 1 aromatic rings. The lowest BCUT2D eigenvalue weighted by molar-refractivity contribution is 0.0785. The number of hydrogen-bond acceptors (Lipinski definition) is 2. The van der Waals surface area contributed by atoms with E-state index in [2.05, 4.69) is 21.2 Å². The van der Waals surface area contributed by atoms with Crippen molar-refractivity contribution in [1.29, 1.82) is 0 Å². The Balaban J connectivity index is 0.00000200. The van der Waals surface area contributed by atoms with Crippen LogP contribution in [-0.2, 0) is 0 Å². The summed E-state index contributed by atoms with van der Waals surface area (Å²) in [6.07, 6.45) is 0.924. The van der Waals surface area contributed by atoms with Gasteiger partial charge in [-0.3, -0.25) is 4.79 Å². The van der Waals surface area contributed by atoms with Crippen LogP contribution in [0.4, 0.5) is 8.78 Å². The van der Waals surface area contributed by atoms with Gasteiger partial charge in [0.05, 0.1) is 5.56 Å². The lowest BCUT2D eigenvalue weighted by Crippen LogP contribution is -2.30. The van der Waals surface area contributed by atoms with Gasteiger partial charge in [-0.15, -0.1) is 12.4 Å². The van der Waals surface area contributed by atoms with Crippen molar-refractivity contribution in [3.8, 4) is 0 Å². The second kappa shape index (κ2) is 7.33. The number of likely N-dealkylation sites (tertiary alicyclic amines) is 1. The maximum atomic E-state index is 13.2. The highest BCUT2D eigenvalue weighted by molar-refractivity contribution is 9.10. The molecule has 2 rings (SSSR count). The molecule has 20 heavy (non-hydrogen) atoms. The monoisotopic (exact) mass is 368 g/mol. The Hall–Kier alpha value is -0.720. The molecular formula is C13H16BrClF2N2O. The van der Waals surface area contributed by atoms with Crippen molar-refractivity contribution in [2.75, 3.05) is 26.7 Å². The highest BCUT2D eigenvalue weighted by atomic mass is 79.9. The first kappa shape index (κ1) is 17.3. The van der Waals surface area contributed by atoms with E-state index >= 15 is 0 Å². The molecule has 0 saturated carbocycles. The third-order valence-electron chi connectivity index (χ3n) is 3.31. The van der Waals surface area contributed by atoms with E-state index in [1.807, 2.05) is 7.05 Å². The van der Waals surface area contributed by atoms with Crippen molar-refractivity contribution in [1.82, 2.24) is 10.2 Å². The molecule has 1 N–H and O–H groups in total. The maximum absolute atomic E-state index is 13.2. The number of hydrogen-bond donors (Lipinski definition) is 1. The molecule has 1 amide bonds. The highest BCUT2D eigenvalue weighted by Crippen LogP contribution is 2.25. The van der Waals surface area contributed by atoms with Gasteiger partial charge < -0.3 is 10.2 Å². The van der Waals surface area contributed by atoms with E-state index in [1.54, 1.807) is 4.90 Å². The normalized spacial score (nSPS) is 18.0. The van der Waals surface area contributed by atoms with Crippen LogP contribution < -0.4 is 5.32 Å². The molecule has 1 saturated heterocycles. The molecule has 1 aliphatic rings.